The van der Waals surface area contributed by atoms with Crippen molar-refractivity contribution in [1.82, 2.24) is 15.2 Å². The van der Waals surface area contributed by atoms with Crippen LogP contribution in [0.2, 0.25) is 0 Å². The first-order valence-electron chi connectivity index (χ1n) is 12.1. The molecule has 1 aromatic heterocycles. The van der Waals surface area contributed by atoms with Gasteiger partial charge in [-0.05, 0) is 47.5 Å². The molecule has 2 heterocycles. The average Bonchev–Trinajstić information content (AvgIpc) is 3.21. The van der Waals surface area contributed by atoms with E-state index in [0.717, 1.165) is 16.0 Å². The molecule has 0 fully saturated rings. The number of benzene rings is 3. The molecule has 3 aromatic carbocycles. The van der Waals surface area contributed by atoms with Crippen molar-refractivity contribution in [3.8, 4) is 0 Å². The second-order valence-electron chi connectivity index (χ2n) is 8.84. The fourth-order valence-electron chi connectivity index (χ4n) is 4.34. The van der Waals surface area contributed by atoms with Crippen LogP contribution in [-0.2, 0) is 17.8 Å². The standard InChI is InChI=1S/C30H24N4O4/c35-27(22-9-6-16-31-19-22)32-18-21-12-14-23(15-13-21)33-28(36)26(17-20-7-2-1-3-8-20)34-29(37)24-10-4-5-11-25(24)30(34)38/h1-16,19,26H,17-18H2,(H,32,35)(H,33,36). The number of fused-ring (bicyclic) bond motifs is 1. The van der Waals surface area contributed by atoms with Gasteiger partial charge in [-0.25, -0.2) is 0 Å². The lowest BCUT2D eigenvalue weighted by atomic mass is 10.0. The van der Waals surface area contributed by atoms with Crippen LogP contribution >= 0.6 is 0 Å². The molecular weight excluding hydrogens is 480 g/mol. The van der Waals surface area contributed by atoms with Gasteiger partial charge in [0.2, 0.25) is 5.91 Å². The highest BCUT2D eigenvalue weighted by Crippen LogP contribution is 2.26. The van der Waals surface area contributed by atoms with E-state index in [0.29, 0.717) is 28.9 Å². The van der Waals surface area contributed by atoms with Crippen molar-refractivity contribution in [3.05, 3.63) is 131 Å². The number of carbonyl (C=O) groups excluding carboxylic acids is 4. The Bertz CT molecular complexity index is 1450. The van der Waals surface area contributed by atoms with Gasteiger partial charge in [0.1, 0.15) is 6.04 Å². The van der Waals surface area contributed by atoms with E-state index >= 15 is 0 Å². The summed E-state index contributed by atoms with van der Waals surface area (Å²) in [5, 5.41) is 5.67. The van der Waals surface area contributed by atoms with Gasteiger partial charge in [-0.3, -0.25) is 29.1 Å². The normalized spacial score (nSPS) is 13.1. The number of nitrogens with one attached hydrogen (secondary N) is 2. The fraction of sp³-hybridized carbons (Fsp3) is 0.100. The van der Waals surface area contributed by atoms with Crippen LogP contribution in [0.3, 0.4) is 0 Å². The highest BCUT2D eigenvalue weighted by atomic mass is 16.2. The molecule has 0 radical (unpaired) electrons. The van der Waals surface area contributed by atoms with Crippen LogP contribution in [0.4, 0.5) is 5.69 Å². The highest BCUT2D eigenvalue weighted by molar-refractivity contribution is 6.23. The largest absolute Gasteiger partial charge is 0.348 e. The van der Waals surface area contributed by atoms with Gasteiger partial charge in [0.25, 0.3) is 17.7 Å². The molecule has 1 aliphatic rings. The van der Waals surface area contributed by atoms with Crippen LogP contribution in [0.15, 0.2) is 103 Å². The van der Waals surface area contributed by atoms with Gasteiger partial charge in [0, 0.05) is 31.0 Å². The number of hydrogen-bond donors (Lipinski definition) is 2. The maximum atomic E-state index is 13.5. The molecule has 4 aromatic rings. The summed E-state index contributed by atoms with van der Waals surface area (Å²) in [6.07, 6.45) is 3.27. The number of rotatable bonds is 8. The van der Waals surface area contributed by atoms with E-state index in [-0.39, 0.29) is 12.3 Å². The Morgan fingerprint density at radius 3 is 2.05 bits per heavy atom. The van der Waals surface area contributed by atoms with Crippen LogP contribution in [-0.4, -0.2) is 39.6 Å². The van der Waals surface area contributed by atoms with Crippen LogP contribution in [0.5, 0.6) is 0 Å². The first kappa shape index (κ1) is 24.6. The fourth-order valence-corrected chi connectivity index (χ4v) is 4.34. The number of pyridine rings is 1. The number of nitrogens with zero attached hydrogens (tertiary/aromatic N) is 2. The summed E-state index contributed by atoms with van der Waals surface area (Å²) in [6.45, 7) is 0.299. The molecule has 2 N–H and O–H groups in total. The van der Waals surface area contributed by atoms with Gasteiger partial charge in [-0.2, -0.15) is 0 Å². The first-order valence-corrected chi connectivity index (χ1v) is 12.1. The van der Waals surface area contributed by atoms with Crippen LogP contribution in [0, 0.1) is 0 Å². The summed E-state index contributed by atoms with van der Waals surface area (Å²) in [5.74, 6) is -1.68. The van der Waals surface area contributed by atoms with Crippen LogP contribution in [0.1, 0.15) is 42.2 Å². The quantitative estimate of drug-likeness (QED) is 0.354. The third kappa shape index (κ3) is 5.19. The molecule has 8 heteroatoms. The highest BCUT2D eigenvalue weighted by Gasteiger charge is 2.42. The van der Waals surface area contributed by atoms with E-state index in [1.165, 1.54) is 6.20 Å². The number of imide groups is 1. The summed E-state index contributed by atoms with van der Waals surface area (Å²) in [4.78, 5) is 57.0. The number of carbonyl (C=O) groups is 4. The topological polar surface area (TPSA) is 108 Å². The summed E-state index contributed by atoms with van der Waals surface area (Å²) in [6, 6.07) is 25.2. The molecule has 4 amide bonds. The molecule has 1 atom stereocenters. The van der Waals surface area contributed by atoms with Crippen molar-refractivity contribution >= 4 is 29.3 Å². The molecule has 1 aliphatic heterocycles. The zero-order chi connectivity index (χ0) is 26.5. The van der Waals surface area contributed by atoms with Crippen molar-refractivity contribution < 1.29 is 19.2 Å². The van der Waals surface area contributed by atoms with Gasteiger partial charge in [0.15, 0.2) is 0 Å². The van der Waals surface area contributed by atoms with E-state index in [1.54, 1.807) is 66.9 Å². The minimum Gasteiger partial charge on any atom is -0.348 e. The Hall–Kier alpha value is -5.11. The van der Waals surface area contributed by atoms with E-state index < -0.39 is 23.8 Å². The molecule has 0 aliphatic carbocycles. The minimum atomic E-state index is -1.04. The second kappa shape index (κ2) is 10.9. The number of aromatic nitrogens is 1. The Morgan fingerprint density at radius 2 is 1.42 bits per heavy atom. The number of amides is 4. The summed E-state index contributed by atoms with van der Waals surface area (Å²) in [5.41, 5.74) is 3.22. The van der Waals surface area contributed by atoms with Gasteiger partial charge >= 0.3 is 0 Å². The Balaban J connectivity index is 1.30. The van der Waals surface area contributed by atoms with Gasteiger partial charge in [-0.1, -0.05) is 54.6 Å². The molecule has 188 valence electrons. The molecule has 0 saturated carbocycles. The lowest BCUT2D eigenvalue weighted by Crippen LogP contribution is -2.48. The van der Waals surface area contributed by atoms with Crippen LogP contribution in [0.25, 0.3) is 0 Å². The smallest absolute Gasteiger partial charge is 0.262 e. The molecule has 0 spiro atoms. The zero-order valence-electron chi connectivity index (χ0n) is 20.3. The molecule has 5 rings (SSSR count). The van der Waals surface area contributed by atoms with E-state index in [9.17, 15) is 19.2 Å². The third-order valence-electron chi connectivity index (χ3n) is 6.31. The van der Waals surface area contributed by atoms with Gasteiger partial charge in [0.05, 0.1) is 16.7 Å². The lowest BCUT2D eigenvalue weighted by Gasteiger charge is -2.25. The third-order valence-corrected chi connectivity index (χ3v) is 6.31. The second-order valence-corrected chi connectivity index (χ2v) is 8.84. The molecule has 38 heavy (non-hydrogen) atoms. The van der Waals surface area contributed by atoms with Crippen molar-refractivity contribution in [2.75, 3.05) is 5.32 Å². The number of anilines is 1. The van der Waals surface area contributed by atoms with Gasteiger partial charge in [-0.15, -0.1) is 0 Å². The zero-order valence-corrected chi connectivity index (χ0v) is 20.3. The predicted octanol–water partition coefficient (Wildman–Crippen LogP) is 3.86. The molecule has 0 bridgehead atoms. The average molecular weight is 505 g/mol. The van der Waals surface area contributed by atoms with Crippen molar-refractivity contribution in [2.45, 2.75) is 19.0 Å². The summed E-state index contributed by atoms with van der Waals surface area (Å²) >= 11 is 0. The van der Waals surface area contributed by atoms with Crippen molar-refractivity contribution in [2.24, 2.45) is 0 Å². The molecular formula is C30H24N4O4. The minimum absolute atomic E-state index is 0.177. The SMILES string of the molecule is O=C(NCc1ccc(NC(=O)C(Cc2ccccc2)N2C(=O)c3ccccc3C2=O)cc1)c1cccnc1. The molecule has 8 nitrogen and oxygen atoms in total. The maximum Gasteiger partial charge on any atom is 0.262 e. The Labute approximate surface area is 219 Å². The first-order chi connectivity index (χ1) is 18.5. The Morgan fingerprint density at radius 1 is 0.763 bits per heavy atom. The van der Waals surface area contributed by atoms with Crippen molar-refractivity contribution in [1.29, 1.82) is 0 Å². The van der Waals surface area contributed by atoms with Crippen molar-refractivity contribution in [3.63, 3.8) is 0 Å². The summed E-state index contributed by atoms with van der Waals surface area (Å²) < 4.78 is 0. The monoisotopic (exact) mass is 504 g/mol. The molecule has 0 saturated heterocycles. The summed E-state index contributed by atoms with van der Waals surface area (Å²) in [7, 11) is 0. The van der Waals surface area contributed by atoms with Gasteiger partial charge < -0.3 is 10.6 Å². The maximum absolute atomic E-state index is 13.5. The Kier molecular flexibility index (Phi) is 7.04. The predicted molar refractivity (Wildman–Crippen MR) is 141 cm³/mol. The molecule has 1 unspecified atom stereocenters. The van der Waals surface area contributed by atoms with Crippen LogP contribution < -0.4 is 10.6 Å². The van der Waals surface area contributed by atoms with E-state index in [4.69, 9.17) is 0 Å². The van der Waals surface area contributed by atoms with E-state index in [1.807, 2.05) is 30.3 Å². The van der Waals surface area contributed by atoms with E-state index in [2.05, 4.69) is 15.6 Å². The number of hydrogen-bond acceptors (Lipinski definition) is 5. The lowest BCUT2D eigenvalue weighted by molar-refractivity contribution is -0.119.